The van der Waals surface area contributed by atoms with Crippen LogP contribution in [0.3, 0.4) is 0 Å². The van der Waals surface area contributed by atoms with Crippen LogP contribution in [-0.2, 0) is 17.9 Å². The Labute approximate surface area is 189 Å². The lowest BCUT2D eigenvalue weighted by Gasteiger charge is -2.10. The van der Waals surface area contributed by atoms with Gasteiger partial charge < -0.3 is 10.1 Å². The molecule has 0 saturated carbocycles. The van der Waals surface area contributed by atoms with E-state index in [0.717, 1.165) is 23.6 Å². The number of rotatable bonds is 10. The van der Waals surface area contributed by atoms with Gasteiger partial charge in [0.05, 0.1) is 11.4 Å². The fraction of sp³-hybridized carbons (Fsp3) is 0.261. The fourth-order valence-corrected chi connectivity index (χ4v) is 3.62. The van der Waals surface area contributed by atoms with Crippen molar-refractivity contribution in [1.82, 2.24) is 14.8 Å². The zero-order valence-electron chi connectivity index (χ0n) is 17.8. The van der Waals surface area contributed by atoms with Crippen molar-refractivity contribution in [3.8, 4) is 5.75 Å². The molecule has 3 aromatic rings. The quantitative estimate of drug-likeness (QED) is 0.335. The van der Waals surface area contributed by atoms with Crippen LogP contribution in [0.4, 0.5) is 14.5 Å². The van der Waals surface area contributed by atoms with Crippen LogP contribution in [0.25, 0.3) is 0 Å². The highest BCUT2D eigenvalue weighted by Crippen LogP contribution is 2.22. The van der Waals surface area contributed by atoms with E-state index >= 15 is 0 Å². The van der Waals surface area contributed by atoms with E-state index in [2.05, 4.69) is 35.9 Å². The van der Waals surface area contributed by atoms with Crippen molar-refractivity contribution in [3.63, 3.8) is 0 Å². The molecule has 0 fully saturated rings. The number of nitrogens with zero attached hydrogens (tertiary/aromatic N) is 3. The SMILES string of the molecule is C=CCn1c(COc2ccc(C(C)C)cc2)nnc1SCC(=O)Nc1ccc(F)cc1F. The number of hydrogen-bond acceptors (Lipinski definition) is 5. The maximum Gasteiger partial charge on any atom is 0.234 e. The maximum absolute atomic E-state index is 13.7. The Morgan fingerprint density at radius 2 is 1.97 bits per heavy atom. The summed E-state index contributed by atoms with van der Waals surface area (Å²) in [6, 6.07) is 10.9. The van der Waals surface area contributed by atoms with Crippen molar-refractivity contribution in [2.24, 2.45) is 0 Å². The molecule has 1 amide bonds. The largest absolute Gasteiger partial charge is 0.486 e. The van der Waals surface area contributed by atoms with E-state index in [1.54, 1.807) is 10.6 Å². The summed E-state index contributed by atoms with van der Waals surface area (Å²) in [6.45, 7) is 8.65. The highest BCUT2D eigenvalue weighted by molar-refractivity contribution is 7.99. The number of carbonyl (C=O) groups is 1. The number of anilines is 1. The number of benzene rings is 2. The first-order valence-electron chi connectivity index (χ1n) is 10.0. The van der Waals surface area contributed by atoms with Crippen molar-refractivity contribution < 1.29 is 18.3 Å². The minimum atomic E-state index is -0.834. The Hall–Kier alpha value is -3.20. The molecule has 1 aromatic heterocycles. The van der Waals surface area contributed by atoms with Gasteiger partial charge in [0.1, 0.15) is 24.0 Å². The molecule has 6 nitrogen and oxygen atoms in total. The van der Waals surface area contributed by atoms with Gasteiger partial charge in [0, 0.05) is 12.6 Å². The van der Waals surface area contributed by atoms with Crippen LogP contribution in [0.5, 0.6) is 5.75 Å². The van der Waals surface area contributed by atoms with Crippen molar-refractivity contribution in [3.05, 3.63) is 78.1 Å². The first-order chi connectivity index (χ1) is 15.4. The second-order valence-corrected chi connectivity index (χ2v) is 8.21. The lowest BCUT2D eigenvalue weighted by molar-refractivity contribution is -0.113. The van der Waals surface area contributed by atoms with Gasteiger partial charge in [-0.3, -0.25) is 9.36 Å². The molecule has 1 N–H and O–H groups in total. The summed E-state index contributed by atoms with van der Waals surface area (Å²) in [5.74, 6) is -0.267. The summed E-state index contributed by atoms with van der Waals surface area (Å²) in [6.07, 6.45) is 1.70. The fourth-order valence-electron chi connectivity index (χ4n) is 2.85. The van der Waals surface area contributed by atoms with Gasteiger partial charge >= 0.3 is 0 Å². The summed E-state index contributed by atoms with van der Waals surface area (Å²) in [7, 11) is 0. The molecule has 2 aromatic carbocycles. The average molecular weight is 459 g/mol. The lowest BCUT2D eigenvalue weighted by Crippen LogP contribution is -2.16. The number of carbonyl (C=O) groups excluding carboxylic acids is 1. The molecule has 0 spiro atoms. The minimum absolute atomic E-state index is 0.0242. The minimum Gasteiger partial charge on any atom is -0.486 e. The van der Waals surface area contributed by atoms with E-state index in [-0.39, 0.29) is 18.0 Å². The standard InChI is InChI=1S/C23H24F2N4O2S/c1-4-11-29-21(13-31-18-8-5-16(6-9-18)15(2)3)27-28-23(29)32-14-22(30)26-20-10-7-17(24)12-19(20)25/h4-10,12,15H,1,11,13-14H2,2-3H3,(H,26,30). The Balaban J connectivity index is 1.61. The van der Waals surface area contributed by atoms with Crippen LogP contribution in [0.2, 0.25) is 0 Å². The predicted molar refractivity (Wildman–Crippen MR) is 121 cm³/mol. The third-order valence-corrected chi connectivity index (χ3v) is 5.52. The Kier molecular flexibility index (Phi) is 7.99. The molecule has 0 radical (unpaired) electrons. The van der Waals surface area contributed by atoms with Crippen LogP contribution in [0.1, 0.15) is 31.2 Å². The predicted octanol–water partition coefficient (Wildman–Crippen LogP) is 5.18. The molecule has 32 heavy (non-hydrogen) atoms. The summed E-state index contributed by atoms with van der Waals surface area (Å²) in [5.41, 5.74) is 1.15. The van der Waals surface area contributed by atoms with Gasteiger partial charge in [-0.15, -0.1) is 16.8 Å². The molecular weight excluding hydrogens is 434 g/mol. The van der Waals surface area contributed by atoms with E-state index in [1.165, 1.54) is 11.6 Å². The number of amides is 1. The molecule has 0 unspecified atom stereocenters. The second-order valence-electron chi connectivity index (χ2n) is 7.27. The number of ether oxygens (including phenoxy) is 1. The van der Waals surface area contributed by atoms with Crippen molar-refractivity contribution in [2.75, 3.05) is 11.1 Å². The van der Waals surface area contributed by atoms with E-state index in [0.29, 0.717) is 29.5 Å². The second kappa shape index (κ2) is 10.9. The molecule has 0 aliphatic rings. The van der Waals surface area contributed by atoms with Crippen molar-refractivity contribution >= 4 is 23.4 Å². The topological polar surface area (TPSA) is 69.0 Å². The van der Waals surface area contributed by atoms with Gasteiger partial charge in [-0.25, -0.2) is 8.78 Å². The number of nitrogens with one attached hydrogen (secondary N) is 1. The van der Waals surface area contributed by atoms with Crippen molar-refractivity contribution in [1.29, 1.82) is 0 Å². The van der Waals surface area contributed by atoms with Gasteiger partial charge in [-0.2, -0.15) is 0 Å². The van der Waals surface area contributed by atoms with E-state index < -0.39 is 17.5 Å². The summed E-state index contributed by atoms with van der Waals surface area (Å²) in [5, 5.41) is 11.2. The lowest BCUT2D eigenvalue weighted by atomic mass is 10.0. The number of thioether (sulfide) groups is 1. The first-order valence-corrected chi connectivity index (χ1v) is 11.0. The molecule has 0 atom stereocenters. The number of aromatic nitrogens is 3. The molecule has 0 saturated heterocycles. The highest BCUT2D eigenvalue weighted by atomic mass is 32.2. The summed E-state index contributed by atoms with van der Waals surface area (Å²) < 4.78 is 34.3. The molecule has 168 valence electrons. The van der Waals surface area contributed by atoms with Crippen LogP contribution >= 0.6 is 11.8 Å². The summed E-state index contributed by atoms with van der Waals surface area (Å²) in [4.78, 5) is 12.2. The van der Waals surface area contributed by atoms with Crippen LogP contribution in [0.15, 0.2) is 60.3 Å². The highest BCUT2D eigenvalue weighted by Gasteiger charge is 2.15. The van der Waals surface area contributed by atoms with Crippen LogP contribution in [0, 0.1) is 11.6 Å². The molecule has 0 bridgehead atoms. The third kappa shape index (κ3) is 6.16. The van der Waals surface area contributed by atoms with Crippen LogP contribution < -0.4 is 10.1 Å². The number of halogens is 2. The van der Waals surface area contributed by atoms with Crippen molar-refractivity contribution in [2.45, 2.75) is 38.1 Å². The molecule has 9 heteroatoms. The van der Waals surface area contributed by atoms with Gasteiger partial charge in [-0.1, -0.05) is 43.8 Å². The first kappa shape index (κ1) is 23.5. The average Bonchev–Trinajstić information content (AvgIpc) is 3.15. The zero-order chi connectivity index (χ0) is 23.1. The molecule has 1 heterocycles. The van der Waals surface area contributed by atoms with E-state index in [9.17, 15) is 13.6 Å². The smallest absolute Gasteiger partial charge is 0.234 e. The van der Waals surface area contributed by atoms with Gasteiger partial charge in [-0.05, 0) is 35.7 Å². The molecule has 3 rings (SSSR count). The molecule has 0 aliphatic carbocycles. The van der Waals surface area contributed by atoms with Gasteiger partial charge in [0.2, 0.25) is 5.91 Å². The molecular formula is C23H24F2N4O2S. The Morgan fingerprint density at radius 1 is 1.22 bits per heavy atom. The maximum atomic E-state index is 13.7. The normalized spacial score (nSPS) is 10.9. The van der Waals surface area contributed by atoms with E-state index in [4.69, 9.17) is 4.74 Å². The van der Waals surface area contributed by atoms with E-state index in [1.807, 2.05) is 24.3 Å². The van der Waals surface area contributed by atoms with Gasteiger partial charge in [0.25, 0.3) is 0 Å². The third-order valence-electron chi connectivity index (χ3n) is 4.56. The van der Waals surface area contributed by atoms with Gasteiger partial charge in [0.15, 0.2) is 11.0 Å². The molecule has 0 aliphatic heterocycles. The monoisotopic (exact) mass is 458 g/mol. The number of allylic oxidation sites excluding steroid dienone is 1. The van der Waals surface area contributed by atoms with Crippen LogP contribution in [-0.4, -0.2) is 26.4 Å². The zero-order valence-corrected chi connectivity index (χ0v) is 18.7. The Morgan fingerprint density at radius 3 is 2.62 bits per heavy atom. The Bertz CT molecular complexity index is 1080. The summed E-state index contributed by atoms with van der Waals surface area (Å²) >= 11 is 1.15. The number of hydrogen-bond donors (Lipinski definition) is 1.